The van der Waals surface area contributed by atoms with Crippen LogP contribution in [-0.2, 0) is 11.3 Å². The van der Waals surface area contributed by atoms with E-state index in [4.69, 9.17) is 4.74 Å². The zero-order valence-corrected chi connectivity index (χ0v) is 15.6. The third-order valence-electron chi connectivity index (χ3n) is 3.60. The lowest BCUT2D eigenvalue weighted by Crippen LogP contribution is -2.46. The van der Waals surface area contributed by atoms with E-state index in [0.717, 1.165) is 45.9 Å². The molecule has 0 aromatic heterocycles. The van der Waals surface area contributed by atoms with Gasteiger partial charge in [0.05, 0.1) is 6.61 Å². The molecule has 0 unspecified atom stereocenters. The minimum Gasteiger partial charge on any atom is -0.383 e. The van der Waals surface area contributed by atoms with Crippen LogP contribution >= 0.6 is 0 Å². The Morgan fingerprint density at radius 3 is 1.86 bits per heavy atom. The monoisotopic (exact) mass is 308 g/mol. The summed E-state index contributed by atoms with van der Waals surface area (Å²) in [5.41, 5.74) is 2.76. The van der Waals surface area contributed by atoms with Gasteiger partial charge in [-0.1, -0.05) is 57.5 Å². The molecule has 1 aromatic rings. The highest BCUT2D eigenvalue weighted by atomic mass is 16.5. The maximum Gasteiger partial charge on any atom is 0.0589 e. The molecule has 1 fully saturated rings. The summed E-state index contributed by atoms with van der Waals surface area (Å²) in [7, 11) is 1.77. The molecule has 1 heterocycles. The number of methoxy groups -OCH3 is 1. The summed E-state index contributed by atoms with van der Waals surface area (Å²) in [6, 6.07) is 8.88. The number of aryl methyl sites for hydroxylation is 1. The second kappa shape index (κ2) is 13.7. The second-order valence-electron chi connectivity index (χ2n) is 5.10. The number of benzene rings is 1. The van der Waals surface area contributed by atoms with Gasteiger partial charge in [0.2, 0.25) is 0 Å². The average Bonchev–Trinajstić information content (AvgIpc) is 2.60. The van der Waals surface area contributed by atoms with Crippen LogP contribution < -0.4 is 0 Å². The van der Waals surface area contributed by atoms with E-state index in [-0.39, 0.29) is 0 Å². The maximum absolute atomic E-state index is 5.12. The molecule has 128 valence electrons. The molecule has 1 aliphatic rings. The van der Waals surface area contributed by atoms with Gasteiger partial charge in [0, 0.05) is 46.4 Å². The van der Waals surface area contributed by atoms with Crippen LogP contribution in [0, 0.1) is 6.92 Å². The van der Waals surface area contributed by atoms with Crippen molar-refractivity contribution in [2.24, 2.45) is 0 Å². The van der Waals surface area contributed by atoms with Gasteiger partial charge >= 0.3 is 0 Å². The molecule has 3 nitrogen and oxygen atoms in total. The van der Waals surface area contributed by atoms with Gasteiger partial charge < -0.3 is 4.74 Å². The Labute approximate surface area is 138 Å². The number of piperazine rings is 1. The number of ether oxygens (including phenoxy) is 1. The lowest BCUT2D eigenvalue weighted by atomic mass is 10.1. The molecule has 2 rings (SSSR count). The van der Waals surface area contributed by atoms with Gasteiger partial charge in [0.25, 0.3) is 0 Å². The van der Waals surface area contributed by atoms with Crippen LogP contribution in [-0.4, -0.2) is 56.2 Å². The Balaban J connectivity index is 0.00000102. The van der Waals surface area contributed by atoms with Crippen molar-refractivity contribution < 1.29 is 4.74 Å². The molecule has 3 heteroatoms. The van der Waals surface area contributed by atoms with E-state index in [9.17, 15) is 0 Å². The quantitative estimate of drug-likeness (QED) is 0.822. The fourth-order valence-electron chi connectivity index (χ4n) is 2.34. The molecule has 0 atom stereocenters. The van der Waals surface area contributed by atoms with E-state index in [0.29, 0.717) is 0 Å². The normalized spacial score (nSPS) is 15.4. The summed E-state index contributed by atoms with van der Waals surface area (Å²) in [6.07, 6.45) is 0. The van der Waals surface area contributed by atoms with Crippen LogP contribution in [0.3, 0.4) is 0 Å². The molecule has 1 aliphatic heterocycles. The maximum atomic E-state index is 5.12. The van der Waals surface area contributed by atoms with E-state index in [1.807, 2.05) is 27.7 Å². The van der Waals surface area contributed by atoms with E-state index in [1.54, 1.807) is 7.11 Å². The summed E-state index contributed by atoms with van der Waals surface area (Å²) >= 11 is 0. The van der Waals surface area contributed by atoms with Crippen molar-refractivity contribution in [3.05, 3.63) is 35.4 Å². The van der Waals surface area contributed by atoms with Gasteiger partial charge in [0.1, 0.15) is 0 Å². The molecule has 22 heavy (non-hydrogen) atoms. The number of rotatable bonds is 5. The molecule has 1 aromatic carbocycles. The molecule has 0 amide bonds. The van der Waals surface area contributed by atoms with Crippen LogP contribution in [0.1, 0.15) is 38.8 Å². The van der Waals surface area contributed by atoms with Crippen LogP contribution in [0.5, 0.6) is 0 Å². The van der Waals surface area contributed by atoms with Crippen LogP contribution in [0.15, 0.2) is 24.3 Å². The highest BCUT2D eigenvalue weighted by Crippen LogP contribution is 2.09. The molecule has 1 saturated heterocycles. The first kappa shape index (κ1) is 21.1. The standard InChI is InChI=1S/C15H24N2O.2C2H6/c1-14-3-5-15(6-4-14)13-17-9-7-16(8-10-17)11-12-18-2;2*1-2/h3-6H,7-13H2,1-2H3;2*1-2H3. The first-order valence-electron chi connectivity index (χ1n) is 8.77. The van der Waals surface area contributed by atoms with Crippen LogP contribution in [0.25, 0.3) is 0 Å². The number of nitrogens with zero attached hydrogens (tertiary/aromatic N) is 2. The third kappa shape index (κ3) is 8.52. The molecular formula is C19H36N2O. The molecular weight excluding hydrogens is 272 g/mol. The van der Waals surface area contributed by atoms with E-state index >= 15 is 0 Å². The van der Waals surface area contributed by atoms with Gasteiger partial charge in [-0.3, -0.25) is 9.80 Å². The lowest BCUT2D eigenvalue weighted by Gasteiger charge is -2.34. The zero-order chi connectivity index (χ0) is 16.8. The largest absolute Gasteiger partial charge is 0.383 e. The van der Waals surface area contributed by atoms with Gasteiger partial charge in [-0.05, 0) is 12.5 Å². The molecule has 0 bridgehead atoms. The fraction of sp³-hybridized carbons (Fsp3) is 0.684. The highest BCUT2D eigenvalue weighted by molar-refractivity contribution is 5.21. The van der Waals surface area contributed by atoms with Crippen LogP contribution in [0.4, 0.5) is 0 Å². The minimum atomic E-state index is 0.845. The summed E-state index contributed by atoms with van der Waals surface area (Å²) in [4.78, 5) is 5.02. The Morgan fingerprint density at radius 2 is 1.36 bits per heavy atom. The molecule has 0 radical (unpaired) electrons. The summed E-state index contributed by atoms with van der Waals surface area (Å²) in [5, 5.41) is 0. The van der Waals surface area contributed by atoms with Crippen LogP contribution in [0.2, 0.25) is 0 Å². The Kier molecular flexibility index (Phi) is 13.2. The Bertz CT molecular complexity index is 343. The van der Waals surface area contributed by atoms with E-state index in [1.165, 1.54) is 11.1 Å². The van der Waals surface area contributed by atoms with Gasteiger partial charge in [-0.15, -0.1) is 0 Å². The first-order valence-corrected chi connectivity index (χ1v) is 8.77. The van der Waals surface area contributed by atoms with Crippen molar-refractivity contribution in [2.45, 2.75) is 41.2 Å². The minimum absolute atomic E-state index is 0.845. The molecule has 0 aliphatic carbocycles. The molecule has 0 spiro atoms. The van der Waals surface area contributed by atoms with E-state index < -0.39 is 0 Å². The average molecular weight is 309 g/mol. The number of hydrogen-bond acceptors (Lipinski definition) is 3. The van der Waals surface area contributed by atoms with Crippen molar-refractivity contribution in [1.29, 1.82) is 0 Å². The smallest absolute Gasteiger partial charge is 0.0589 e. The third-order valence-corrected chi connectivity index (χ3v) is 3.60. The highest BCUT2D eigenvalue weighted by Gasteiger charge is 2.16. The Hall–Kier alpha value is -0.900. The van der Waals surface area contributed by atoms with E-state index in [2.05, 4.69) is 41.0 Å². The molecule has 0 N–H and O–H groups in total. The summed E-state index contributed by atoms with van der Waals surface area (Å²) in [6.45, 7) is 17.8. The summed E-state index contributed by atoms with van der Waals surface area (Å²) < 4.78 is 5.12. The number of hydrogen-bond donors (Lipinski definition) is 0. The van der Waals surface area contributed by atoms with Crippen molar-refractivity contribution in [3.8, 4) is 0 Å². The van der Waals surface area contributed by atoms with Gasteiger partial charge in [-0.2, -0.15) is 0 Å². The lowest BCUT2D eigenvalue weighted by molar-refractivity contribution is 0.0938. The fourth-order valence-corrected chi connectivity index (χ4v) is 2.34. The Morgan fingerprint density at radius 1 is 0.864 bits per heavy atom. The SMILES string of the molecule is CC.CC.COCCN1CCN(Cc2ccc(C)cc2)CC1. The van der Waals surface area contributed by atoms with Gasteiger partial charge in [0.15, 0.2) is 0 Å². The first-order chi connectivity index (χ1) is 10.8. The molecule has 0 saturated carbocycles. The van der Waals surface area contributed by atoms with Crippen molar-refractivity contribution >= 4 is 0 Å². The summed E-state index contributed by atoms with van der Waals surface area (Å²) in [5.74, 6) is 0. The second-order valence-corrected chi connectivity index (χ2v) is 5.10. The van der Waals surface area contributed by atoms with Crippen molar-refractivity contribution in [1.82, 2.24) is 9.80 Å². The van der Waals surface area contributed by atoms with Gasteiger partial charge in [-0.25, -0.2) is 0 Å². The predicted octanol–water partition coefficient (Wildman–Crippen LogP) is 3.81. The van der Waals surface area contributed by atoms with Crippen molar-refractivity contribution in [3.63, 3.8) is 0 Å². The topological polar surface area (TPSA) is 15.7 Å². The zero-order valence-electron chi connectivity index (χ0n) is 15.6. The predicted molar refractivity (Wildman–Crippen MR) is 97.5 cm³/mol. The van der Waals surface area contributed by atoms with Crippen molar-refractivity contribution in [2.75, 3.05) is 46.4 Å².